The number of H-pyrrole nitrogens is 1. The highest BCUT2D eigenvalue weighted by Gasteiger charge is 2.22. The molecule has 9 heteroatoms. The third-order valence-corrected chi connectivity index (χ3v) is 5.08. The molecule has 3 aromatic rings. The summed E-state index contributed by atoms with van der Waals surface area (Å²) in [4.78, 5) is 34.7. The van der Waals surface area contributed by atoms with Crippen LogP contribution in [0.15, 0.2) is 36.5 Å². The van der Waals surface area contributed by atoms with Crippen molar-refractivity contribution in [1.82, 2.24) is 10.5 Å². The Kier molecular flexibility index (Phi) is 7.17. The number of Topliss-reactive ketones (excluding diaryl/α,β-unsaturated/α-hetero) is 1. The predicted molar refractivity (Wildman–Crippen MR) is 120 cm³/mol. The number of ketones is 1. The van der Waals surface area contributed by atoms with Gasteiger partial charge in [0.25, 0.3) is 5.78 Å². The number of benzene rings is 2. The van der Waals surface area contributed by atoms with E-state index in [4.69, 9.17) is 25.9 Å². The van der Waals surface area contributed by atoms with E-state index in [9.17, 15) is 9.59 Å². The number of hydrogen-bond donors (Lipinski definition) is 2. The van der Waals surface area contributed by atoms with Gasteiger partial charge in [-0.05, 0) is 24.3 Å². The van der Waals surface area contributed by atoms with E-state index >= 15 is 0 Å². The third kappa shape index (κ3) is 4.82. The first-order valence-corrected chi connectivity index (χ1v) is 9.87. The summed E-state index contributed by atoms with van der Waals surface area (Å²) in [5, 5.41) is 1.05. The SMILES string of the molecule is COCCONC(=O)C(=O)c1c[nH]c2cc(Cl)c(-c3ccc(N(C)C)cc3OC)cc12. The van der Waals surface area contributed by atoms with Gasteiger partial charge in [0.2, 0.25) is 0 Å². The molecule has 0 spiro atoms. The van der Waals surface area contributed by atoms with Crippen LogP contribution >= 0.6 is 11.6 Å². The van der Waals surface area contributed by atoms with Gasteiger partial charge in [-0.3, -0.25) is 14.4 Å². The Morgan fingerprint density at radius 1 is 1.10 bits per heavy atom. The number of anilines is 1. The topological polar surface area (TPSA) is 92.9 Å². The number of carbonyl (C=O) groups is 2. The molecule has 0 fully saturated rings. The highest BCUT2D eigenvalue weighted by molar-refractivity contribution is 6.45. The Balaban J connectivity index is 1.98. The molecule has 0 aliphatic heterocycles. The fraction of sp³-hybridized carbons (Fsp3) is 0.273. The monoisotopic (exact) mass is 445 g/mol. The number of hydroxylamine groups is 1. The second-order valence-corrected chi connectivity index (χ2v) is 7.37. The Labute approximate surface area is 185 Å². The Hall–Kier alpha value is -3.07. The van der Waals surface area contributed by atoms with Gasteiger partial charge in [-0.1, -0.05) is 11.6 Å². The molecule has 2 N–H and O–H groups in total. The van der Waals surface area contributed by atoms with Gasteiger partial charge in [0.1, 0.15) is 5.75 Å². The average Bonchev–Trinajstić information content (AvgIpc) is 3.17. The molecule has 3 rings (SSSR count). The van der Waals surface area contributed by atoms with Crippen molar-refractivity contribution >= 4 is 39.9 Å². The number of rotatable bonds is 9. The number of nitrogens with zero attached hydrogens (tertiary/aromatic N) is 1. The van der Waals surface area contributed by atoms with Crippen LogP contribution in [0.5, 0.6) is 5.75 Å². The lowest BCUT2D eigenvalue weighted by molar-refractivity contribution is -0.129. The number of nitrogens with one attached hydrogen (secondary N) is 2. The van der Waals surface area contributed by atoms with Gasteiger partial charge in [0, 0.05) is 61.2 Å². The molecule has 8 nitrogen and oxygen atoms in total. The molecule has 31 heavy (non-hydrogen) atoms. The molecule has 0 bridgehead atoms. The van der Waals surface area contributed by atoms with E-state index in [0.717, 1.165) is 11.3 Å². The van der Waals surface area contributed by atoms with Crippen LogP contribution in [-0.2, 0) is 14.4 Å². The molecular formula is C22H24ClN3O5. The number of fused-ring (bicyclic) bond motifs is 1. The van der Waals surface area contributed by atoms with Crippen molar-refractivity contribution in [2.45, 2.75) is 0 Å². The van der Waals surface area contributed by atoms with Gasteiger partial charge in [-0.2, -0.15) is 0 Å². The fourth-order valence-electron chi connectivity index (χ4n) is 3.13. The fourth-order valence-corrected chi connectivity index (χ4v) is 3.39. The Morgan fingerprint density at radius 3 is 2.55 bits per heavy atom. The molecule has 0 aliphatic rings. The van der Waals surface area contributed by atoms with Crippen LogP contribution in [0.4, 0.5) is 5.69 Å². The molecule has 0 saturated carbocycles. The van der Waals surface area contributed by atoms with Gasteiger partial charge in [-0.25, -0.2) is 5.48 Å². The molecule has 0 atom stereocenters. The smallest absolute Gasteiger partial charge is 0.315 e. The molecule has 2 aromatic carbocycles. The summed E-state index contributed by atoms with van der Waals surface area (Å²) >= 11 is 6.54. The van der Waals surface area contributed by atoms with Crippen LogP contribution in [0.2, 0.25) is 5.02 Å². The normalized spacial score (nSPS) is 10.9. The van der Waals surface area contributed by atoms with E-state index in [1.165, 1.54) is 13.3 Å². The average molecular weight is 446 g/mol. The largest absolute Gasteiger partial charge is 0.496 e. The van der Waals surface area contributed by atoms with E-state index in [1.807, 2.05) is 37.2 Å². The van der Waals surface area contributed by atoms with E-state index in [-0.39, 0.29) is 18.8 Å². The quantitative estimate of drug-likeness (QED) is 0.227. The third-order valence-electron chi connectivity index (χ3n) is 4.77. The number of ether oxygens (including phenoxy) is 2. The van der Waals surface area contributed by atoms with Crippen LogP contribution in [0.1, 0.15) is 10.4 Å². The first-order chi connectivity index (χ1) is 14.9. The summed E-state index contributed by atoms with van der Waals surface area (Å²) in [5.74, 6) is -0.964. The zero-order valence-corrected chi connectivity index (χ0v) is 18.5. The molecule has 1 aromatic heterocycles. The maximum Gasteiger partial charge on any atom is 0.315 e. The number of aromatic amines is 1. The second kappa shape index (κ2) is 9.82. The number of halogens is 1. The highest BCUT2D eigenvalue weighted by atomic mass is 35.5. The summed E-state index contributed by atoms with van der Waals surface area (Å²) in [5.41, 5.74) is 5.40. The summed E-state index contributed by atoms with van der Waals surface area (Å²) in [7, 11) is 6.97. The van der Waals surface area contributed by atoms with E-state index in [2.05, 4.69) is 10.5 Å². The zero-order chi connectivity index (χ0) is 22.5. The van der Waals surface area contributed by atoms with Crippen molar-refractivity contribution in [3.05, 3.63) is 47.1 Å². The van der Waals surface area contributed by atoms with Gasteiger partial charge in [-0.15, -0.1) is 0 Å². The molecule has 164 valence electrons. The van der Waals surface area contributed by atoms with Crippen LogP contribution in [-0.4, -0.2) is 58.2 Å². The predicted octanol–water partition coefficient (Wildman–Crippen LogP) is 3.44. The van der Waals surface area contributed by atoms with Crippen molar-refractivity contribution in [1.29, 1.82) is 0 Å². The van der Waals surface area contributed by atoms with Gasteiger partial charge in [0.05, 0.1) is 30.9 Å². The van der Waals surface area contributed by atoms with Gasteiger partial charge < -0.3 is 19.4 Å². The standard InChI is InChI=1S/C22H24ClN3O5/c1-26(2)13-5-6-14(20(9-13)30-4)15-10-16-17(12-24-19(16)11-18(15)23)21(27)22(28)25-31-8-7-29-3/h5-6,9-12,24H,7-8H2,1-4H3,(H,25,28). The Morgan fingerprint density at radius 2 is 1.87 bits per heavy atom. The van der Waals surface area contributed by atoms with Crippen LogP contribution in [0, 0.1) is 0 Å². The highest BCUT2D eigenvalue weighted by Crippen LogP contribution is 2.39. The second-order valence-electron chi connectivity index (χ2n) is 6.96. The molecule has 1 heterocycles. The van der Waals surface area contributed by atoms with Crippen molar-refractivity contribution in [3.8, 4) is 16.9 Å². The molecular weight excluding hydrogens is 422 g/mol. The Bertz CT molecular complexity index is 1110. The lowest BCUT2D eigenvalue weighted by Gasteiger charge is -2.17. The number of amides is 1. The van der Waals surface area contributed by atoms with E-state index in [0.29, 0.717) is 27.2 Å². The zero-order valence-electron chi connectivity index (χ0n) is 17.7. The molecule has 0 unspecified atom stereocenters. The van der Waals surface area contributed by atoms with Gasteiger partial charge in [0.15, 0.2) is 0 Å². The van der Waals surface area contributed by atoms with Crippen LogP contribution in [0.3, 0.4) is 0 Å². The minimum absolute atomic E-state index is 0.131. The first-order valence-electron chi connectivity index (χ1n) is 9.49. The number of carbonyl (C=O) groups excluding carboxylic acids is 2. The maximum atomic E-state index is 12.7. The molecule has 0 radical (unpaired) electrons. The maximum absolute atomic E-state index is 12.7. The lowest BCUT2D eigenvalue weighted by atomic mass is 10.00. The molecule has 0 aliphatic carbocycles. The molecule has 1 amide bonds. The van der Waals surface area contributed by atoms with Gasteiger partial charge >= 0.3 is 5.91 Å². The molecule has 0 saturated heterocycles. The summed E-state index contributed by atoms with van der Waals surface area (Å²) < 4.78 is 10.4. The van der Waals surface area contributed by atoms with Crippen molar-refractivity contribution in [2.24, 2.45) is 0 Å². The summed E-state index contributed by atoms with van der Waals surface area (Å²) in [6, 6.07) is 9.25. The minimum atomic E-state index is -0.874. The first kappa shape index (κ1) is 22.6. The number of methoxy groups -OCH3 is 2. The van der Waals surface area contributed by atoms with Crippen LogP contribution < -0.4 is 15.1 Å². The summed E-state index contributed by atoms with van der Waals surface area (Å²) in [6.07, 6.45) is 1.48. The lowest BCUT2D eigenvalue weighted by Crippen LogP contribution is -2.32. The van der Waals surface area contributed by atoms with E-state index in [1.54, 1.807) is 19.2 Å². The number of hydrogen-bond acceptors (Lipinski definition) is 6. The van der Waals surface area contributed by atoms with Crippen molar-refractivity contribution in [2.75, 3.05) is 46.4 Å². The van der Waals surface area contributed by atoms with E-state index < -0.39 is 11.7 Å². The minimum Gasteiger partial charge on any atom is -0.496 e. The number of aromatic nitrogens is 1. The van der Waals surface area contributed by atoms with Crippen molar-refractivity contribution in [3.63, 3.8) is 0 Å². The van der Waals surface area contributed by atoms with Crippen LogP contribution in [0.25, 0.3) is 22.0 Å². The summed E-state index contributed by atoms with van der Waals surface area (Å²) in [6.45, 7) is 0.420. The van der Waals surface area contributed by atoms with Crippen molar-refractivity contribution < 1.29 is 23.9 Å².